The first-order valence-electron chi connectivity index (χ1n) is 16.9. The number of furan rings is 1. The quantitative estimate of drug-likeness (QED) is 0.167. The third kappa shape index (κ3) is 5.77. The number of aliphatic imine (C=N–C) groups is 1. The number of fused-ring (bicyclic) bond motifs is 4. The van der Waals surface area contributed by atoms with Crippen LogP contribution in [0.5, 0.6) is 0 Å². The van der Waals surface area contributed by atoms with Gasteiger partial charge >= 0.3 is 0 Å². The lowest BCUT2D eigenvalue weighted by Gasteiger charge is -2.19. The van der Waals surface area contributed by atoms with Crippen LogP contribution in [-0.4, -0.2) is 11.2 Å². The van der Waals surface area contributed by atoms with E-state index < -0.39 is 0 Å². The van der Waals surface area contributed by atoms with Gasteiger partial charge in [0.05, 0.1) is 15.9 Å². The lowest BCUT2D eigenvalue weighted by molar-refractivity contribution is 0.590. The molecule has 0 bridgehead atoms. The molecule has 0 saturated carbocycles. The molecule has 0 atom stereocenters. The molecule has 2 aromatic heterocycles. The van der Waals surface area contributed by atoms with Crippen molar-refractivity contribution in [1.82, 2.24) is 4.98 Å². The minimum Gasteiger partial charge on any atom is -0.455 e. The SMILES string of the molecule is CC(C)c1ccc(-c2ccc(-c3cccc4sc(-c5ccccc5N=Cc5cccc(C(C)(C)C)c5)nc34)c3oc4ccccc4c23)cc1. The standard InChI is InChI=1S/C45H38N2OS/c1-28(2)30-20-22-31(23-21-30)33-24-25-35(43-41(33)37-15-7-9-18-39(37)48-43)34-16-11-19-40-42(34)47-44(49-40)36-14-6-8-17-38(36)46-27-29-12-10-13-32(26-29)45(3,4)5/h6-28H,1-5H3. The largest absolute Gasteiger partial charge is 0.455 e. The summed E-state index contributed by atoms with van der Waals surface area (Å²) in [6.45, 7) is 11.2. The smallest absolute Gasteiger partial charge is 0.143 e. The molecule has 0 aliphatic rings. The number of thiazole rings is 1. The zero-order chi connectivity index (χ0) is 33.7. The van der Waals surface area contributed by atoms with E-state index in [0.29, 0.717) is 5.92 Å². The van der Waals surface area contributed by atoms with Gasteiger partial charge in [-0.15, -0.1) is 11.3 Å². The normalized spacial score (nSPS) is 12.3. The van der Waals surface area contributed by atoms with Gasteiger partial charge in [-0.25, -0.2) is 4.98 Å². The molecule has 0 aliphatic heterocycles. The first kappa shape index (κ1) is 31.0. The van der Waals surface area contributed by atoms with Gasteiger partial charge < -0.3 is 4.42 Å². The van der Waals surface area contributed by atoms with Gasteiger partial charge in [-0.1, -0.05) is 126 Å². The van der Waals surface area contributed by atoms with Gasteiger partial charge in [0.1, 0.15) is 16.2 Å². The van der Waals surface area contributed by atoms with Crippen molar-refractivity contribution < 1.29 is 4.42 Å². The number of aromatic nitrogens is 1. The van der Waals surface area contributed by atoms with E-state index in [1.165, 1.54) is 22.3 Å². The van der Waals surface area contributed by atoms with Crippen molar-refractivity contribution in [2.24, 2.45) is 4.99 Å². The maximum atomic E-state index is 6.68. The fraction of sp³-hybridized carbons (Fsp3) is 0.156. The molecule has 8 aromatic rings. The summed E-state index contributed by atoms with van der Waals surface area (Å²) in [7, 11) is 0. The Kier molecular flexibility index (Phi) is 7.77. The van der Waals surface area contributed by atoms with E-state index in [2.05, 4.69) is 150 Å². The summed E-state index contributed by atoms with van der Waals surface area (Å²) in [5.74, 6) is 0.485. The monoisotopic (exact) mass is 654 g/mol. The zero-order valence-corrected chi connectivity index (χ0v) is 29.3. The lowest BCUT2D eigenvalue weighted by Crippen LogP contribution is -2.11. The van der Waals surface area contributed by atoms with E-state index >= 15 is 0 Å². The van der Waals surface area contributed by atoms with E-state index in [9.17, 15) is 0 Å². The molecule has 0 amide bonds. The molecule has 2 heterocycles. The maximum Gasteiger partial charge on any atom is 0.143 e. The van der Waals surface area contributed by atoms with Gasteiger partial charge in [0.15, 0.2) is 0 Å². The summed E-state index contributed by atoms with van der Waals surface area (Å²) in [4.78, 5) is 10.3. The number of hydrogen-bond acceptors (Lipinski definition) is 4. The summed E-state index contributed by atoms with van der Waals surface area (Å²) in [5.41, 5.74) is 12.9. The molecule has 0 spiro atoms. The van der Waals surface area contributed by atoms with Crippen molar-refractivity contribution in [3.63, 3.8) is 0 Å². The number of benzene rings is 6. The summed E-state index contributed by atoms with van der Waals surface area (Å²) >= 11 is 1.70. The molecule has 0 unspecified atom stereocenters. The van der Waals surface area contributed by atoms with Crippen molar-refractivity contribution in [3.05, 3.63) is 144 Å². The summed E-state index contributed by atoms with van der Waals surface area (Å²) in [5, 5.41) is 3.20. The molecule has 0 fully saturated rings. The van der Waals surface area contributed by atoms with Gasteiger partial charge in [-0.05, 0) is 75.5 Å². The van der Waals surface area contributed by atoms with E-state index in [1.54, 1.807) is 11.3 Å². The fourth-order valence-corrected chi connectivity index (χ4v) is 7.63. The van der Waals surface area contributed by atoms with Crippen molar-refractivity contribution in [2.45, 2.75) is 46.0 Å². The average molecular weight is 655 g/mol. The highest BCUT2D eigenvalue weighted by atomic mass is 32.1. The molecule has 3 nitrogen and oxygen atoms in total. The van der Waals surface area contributed by atoms with Crippen molar-refractivity contribution in [1.29, 1.82) is 0 Å². The molecule has 240 valence electrons. The molecule has 0 aliphatic carbocycles. The lowest BCUT2D eigenvalue weighted by atomic mass is 9.86. The second-order valence-electron chi connectivity index (χ2n) is 14.1. The second-order valence-corrected chi connectivity index (χ2v) is 15.1. The van der Waals surface area contributed by atoms with Crippen LogP contribution < -0.4 is 0 Å². The molecule has 49 heavy (non-hydrogen) atoms. The first-order valence-corrected chi connectivity index (χ1v) is 17.7. The molecule has 0 radical (unpaired) electrons. The molecular weight excluding hydrogens is 617 g/mol. The van der Waals surface area contributed by atoms with Crippen LogP contribution in [-0.2, 0) is 5.41 Å². The minimum absolute atomic E-state index is 0.0772. The van der Waals surface area contributed by atoms with Gasteiger partial charge in [0, 0.05) is 33.7 Å². The number of nitrogens with zero attached hydrogens (tertiary/aromatic N) is 2. The van der Waals surface area contributed by atoms with Gasteiger partial charge in [0.2, 0.25) is 0 Å². The Bertz CT molecular complexity index is 2510. The zero-order valence-electron chi connectivity index (χ0n) is 28.5. The third-order valence-electron chi connectivity index (χ3n) is 9.36. The highest BCUT2D eigenvalue weighted by Gasteiger charge is 2.20. The average Bonchev–Trinajstić information content (AvgIpc) is 3.73. The van der Waals surface area contributed by atoms with Gasteiger partial charge in [-0.3, -0.25) is 4.99 Å². The van der Waals surface area contributed by atoms with Crippen LogP contribution in [0.2, 0.25) is 0 Å². The number of rotatable bonds is 6. The highest BCUT2D eigenvalue weighted by Crippen LogP contribution is 2.45. The molecule has 0 saturated heterocycles. The van der Waals surface area contributed by atoms with Crippen LogP contribution in [0.15, 0.2) is 137 Å². The van der Waals surface area contributed by atoms with Crippen LogP contribution in [0.1, 0.15) is 57.2 Å². The van der Waals surface area contributed by atoms with E-state index in [-0.39, 0.29) is 5.41 Å². The highest BCUT2D eigenvalue weighted by molar-refractivity contribution is 7.21. The van der Waals surface area contributed by atoms with Crippen LogP contribution in [0, 0.1) is 0 Å². The van der Waals surface area contributed by atoms with E-state index in [1.807, 2.05) is 18.3 Å². The minimum atomic E-state index is 0.0772. The van der Waals surface area contributed by atoms with Crippen LogP contribution in [0.4, 0.5) is 5.69 Å². The Balaban J connectivity index is 1.24. The predicted molar refractivity (Wildman–Crippen MR) is 210 cm³/mol. The topological polar surface area (TPSA) is 38.4 Å². The number of para-hydroxylation sites is 3. The Hall–Kier alpha value is -5.32. The van der Waals surface area contributed by atoms with Crippen molar-refractivity contribution in [3.8, 4) is 32.8 Å². The fourth-order valence-electron chi connectivity index (χ4n) is 6.61. The summed E-state index contributed by atoms with van der Waals surface area (Å²) < 4.78 is 7.81. The van der Waals surface area contributed by atoms with E-state index in [0.717, 1.165) is 65.1 Å². The predicted octanol–water partition coefficient (Wildman–Crippen LogP) is 13.4. The van der Waals surface area contributed by atoms with Crippen LogP contribution >= 0.6 is 11.3 Å². The summed E-state index contributed by atoms with van der Waals surface area (Å²) in [6.07, 6.45) is 1.96. The van der Waals surface area contributed by atoms with Gasteiger partial charge in [0.25, 0.3) is 0 Å². The van der Waals surface area contributed by atoms with Crippen LogP contribution in [0.25, 0.3) is 65.0 Å². The Morgan fingerprint density at radius 2 is 1.45 bits per heavy atom. The molecular formula is C45H38N2OS. The third-order valence-corrected chi connectivity index (χ3v) is 10.4. The van der Waals surface area contributed by atoms with Crippen LogP contribution in [0.3, 0.4) is 0 Å². The molecule has 6 aromatic carbocycles. The molecule has 8 rings (SSSR count). The first-order chi connectivity index (χ1) is 23.7. The maximum absolute atomic E-state index is 6.68. The van der Waals surface area contributed by atoms with Crippen molar-refractivity contribution >= 4 is 55.4 Å². The second kappa shape index (κ2) is 12.3. The van der Waals surface area contributed by atoms with Crippen molar-refractivity contribution in [2.75, 3.05) is 0 Å². The molecule has 4 heteroatoms. The Labute approximate surface area is 291 Å². The molecule has 0 N–H and O–H groups in total. The van der Waals surface area contributed by atoms with Gasteiger partial charge in [-0.2, -0.15) is 0 Å². The Morgan fingerprint density at radius 1 is 0.714 bits per heavy atom. The Morgan fingerprint density at radius 3 is 2.27 bits per heavy atom. The van der Waals surface area contributed by atoms with E-state index in [4.69, 9.17) is 14.4 Å². The summed E-state index contributed by atoms with van der Waals surface area (Å²) in [6, 6.07) is 45.1. The number of hydrogen-bond donors (Lipinski definition) is 0.